The minimum Gasteiger partial charge on any atom is -0.369 e. The zero-order chi connectivity index (χ0) is 10.6. The lowest BCUT2D eigenvalue weighted by Gasteiger charge is -1.97. The topological polar surface area (TPSA) is 76.8 Å². The number of benzene rings is 1. The molecule has 0 aliphatic rings. The Bertz CT molecular complexity index is 363. The van der Waals surface area contributed by atoms with Gasteiger partial charge in [0.1, 0.15) is 5.82 Å². The maximum Gasteiger partial charge on any atom is 0.211 e. The minimum absolute atomic E-state index is 0.105. The van der Waals surface area contributed by atoms with E-state index < -0.39 is 0 Å². The molecular weight excluding hydrogens is 183 g/mol. The quantitative estimate of drug-likeness (QED) is 0.415. The molecule has 4 nitrogen and oxygen atoms in total. The summed E-state index contributed by atoms with van der Waals surface area (Å²) in [5, 5.41) is 7.25. The molecule has 0 spiro atoms. The van der Waals surface area contributed by atoms with Crippen LogP contribution in [0.1, 0.15) is 12.5 Å². The minimum atomic E-state index is -0.289. The molecule has 1 aromatic carbocycles. The van der Waals surface area contributed by atoms with E-state index in [-0.39, 0.29) is 11.8 Å². The average molecular weight is 194 g/mol. The highest BCUT2D eigenvalue weighted by atomic mass is 19.1. The van der Waals surface area contributed by atoms with Crippen LogP contribution in [0, 0.1) is 5.82 Å². The smallest absolute Gasteiger partial charge is 0.211 e. The van der Waals surface area contributed by atoms with Crippen molar-refractivity contribution >= 4 is 11.7 Å². The zero-order valence-corrected chi connectivity index (χ0v) is 7.74. The van der Waals surface area contributed by atoms with Crippen molar-refractivity contribution in [1.29, 1.82) is 0 Å². The van der Waals surface area contributed by atoms with Crippen molar-refractivity contribution in [2.75, 3.05) is 0 Å². The number of hydrogen-bond acceptors (Lipinski definition) is 2. The summed E-state index contributed by atoms with van der Waals surface area (Å²) >= 11 is 0. The van der Waals surface area contributed by atoms with Crippen LogP contribution in [0.4, 0.5) is 4.39 Å². The van der Waals surface area contributed by atoms with E-state index in [9.17, 15) is 4.39 Å². The molecule has 0 aromatic heterocycles. The fourth-order valence-corrected chi connectivity index (χ4v) is 0.882. The molecule has 1 aromatic rings. The third kappa shape index (κ3) is 2.85. The number of nitrogens with two attached hydrogens (primary N) is 2. The van der Waals surface area contributed by atoms with Crippen LogP contribution in [-0.2, 0) is 0 Å². The van der Waals surface area contributed by atoms with Gasteiger partial charge in [-0.15, -0.1) is 5.10 Å². The van der Waals surface area contributed by atoms with E-state index >= 15 is 0 Å². The SMILES string of the molecule is C/C(=N/N=C(N)N)c1ccc(F)cc1. The van der Waals surface area contributed by atoms with Crippen LogP contribution < -0.4 is 11.5 Å². The third-order valence-corrected chi connectivity index (χ3v) is 1.58. The van der Waals surface area contributed by atoms with E-state index in [2.05, 4.69) is 10.2 Å². The van der Waals surface area contributed by atoms with Gasteiger partial charge in [0.05, 0.1) is 5.71 Å². The van der Waals surface area contributed by atoms with Gasteiger partial charge in [-0.1, -0.05) is 12.1 Å². The van der Waals surface area contributed by atoms with Gasteiger partial charge >= 0.3 is 0 Å². The molecule has 4 N–H and O–H groups in total. The maximum atomic E-state index is 12.6. The van der Waals surface area contributed by atoms with Gasteiger partial charge in [0.15, 0.2) is 0 Å². The molecule has 1 rings (SSSR count). The van der Waals surface area contributed by atoms with Crippen molar-refractivity contribution in [3.63, 3.8) is 0 Å². The van der Waals surface area contributed by atoms with Gasteiger partial charge in [-0.2, -0.15) is 5.10 Å². The Morgan fingerprint density at radius 1 is 1.14 bits per heavy atom. The summed E-state index contributed by atoms with van der Waals surface area (Å²) in [6, 6.07) is 5.92. The summed E-state index contributed by atoms with van der Waals surface area (Å²) in [6.45, 7) is 1.74. The molecule has 74 valence electrons. The van der Waals surface area contributed by atoms with E-state index in [4.69, 9.17) is 11.5 Å². The van der Waals surface area contributed by atoms with Crippen LogP contribution in [0.25, 0.3) is 0 Å². The Labute approximate surface area is 81.1 Å². The highest BCUT2D eigenvalue weighted by Crippen LogP contribution is 2.04. The summed E-state index contributed by atoms with van der Waals surface area (Å²) in [5.74, 6) is -0.394. The Kier molecular flexibility index (Phi) is 3.17. The lowest BCUT2D eigenvalue weighted by Crippen LogP contribution is -2.22. The maximum absolute atomic E-state index is 12.6. The number of hydrogen-bond donors (Lipinski definition) is 2. The van der Waals surface area contributed by atoms with Gasteiger partial charge in [-0.3, -0.25) is 0 Å². The van der Waals surface area contributed by atoms with Crippen LogP contribution in [-0.4, -0.2) is 11.7 Å². The Hall–Kier alpha value is -1.91. The second-order valence-electron chi connectivity index (χ2n) is 2.72. The van der Waals surface area contributed by atoms with Gasteiger partial charge < -0.3 is 11.5 Å². The second kappa shape index (κ2) is 4.36. The van der Waals surface area contributed by atoms with Gasteiger partial charge in [0.25, 0.3) is 0 Å². The summed E-state index contributed by atoms with van der Waals surface area (Å²) in [4.78, 5) is 0. The molecule has 0 unspecified atom stereocenters. The standard InChI is InChI=1S/C9H11FN4/c1-6(13-14-9(11)12)7-2-4-8(10)5-3-7/h2-5H,1H3,(H4,11,12,14)/b13-6-. The molecule has 5 heteroatoms. The Balaban J connectivity index is 2.89. The first-order chi connectivity index (χ1) is 6.59. The first kappa shape index (κ1) is 10.2. The number of nitrogens with zero attached hydrogens (tertiary/aromatic N) is 2. The predicted octanol–water partition coefficient (Wildman–Crippen LogP) is 0.823. The molecular formula is C9H11FN4. The van der Waals surface area contributed by atoms with Crippen LogP contribution >= 0.6 is 0 Å². The summed E-state index contributed by atoms with van der Waals surface area (Å²) in [6.07, 6.45) is 0. The van der Waals surface area contributed by atoms with Crippen molar-refractivity contribution in [2.24, 2.45) is 21.7 Å². The highest BCUT2D eigenvalue weighted by molar-refractivity contribution is 5.98. The van der Waals surface area contributed by atoms with E-state index in [1.54, 1.807) is 19.1 Å². The first-order valence-corrected chi connectivity index (χ1v) is 3.98. The van der Waals surface area contributed by atoms with Gasteiger partial charge in [-0.05, 0) is 24.6 Å². The molecule has 0 fully saturated rings. The van der Waals surface area contributed by atoms with E-state index in [1.807, 2.05) is 0 Å². The van der Waals surface area contributed by atoms with Crippen LogP contribution in [0.3, 0.4) is 0 Å². The molecule has 0 bridgehead atoms. The average Bonchev–Trinajstić information content (AvgIpc) is 2.15. The molecule has 0 saturated carbocycles. The monoisotopic (exact) mass is 194 g/mol. The second-order valence-corrected chi connectivity index (χ2v) is 2.72. The third-order valence-electron chi connectivity index (χ3n) is 1.58. The van der Waals surface area contributed by atoms with Gasteiger partial charge in [-0.25, -0.2) is 4.39 Å². The van der Waals surface area contributed by atoms with Crippen molar-refractivity contribution in [2.45, 2.75) is 6.92 Å². The van der Waals surface area contributed by atoms with E-state index in [0.29, 0.717) is 5.71 Å². The zero-order valence-electron chi connectivity index (χ0n) is 7.74. The predicted molar refractivity (Wildman–Crippen MR) is 54.4 cm³/mol. The molecule has 0 heterocycles. The molecule has 0 atom stereocenters. The normalized spacial score (nSPS) is 11.1. The summed E-state index contributed by atoms with van der Waals surface area (Å²) < 4.78 is 12.6. The van der Waals surface area contributed by atoms with Crippen molar-refractivity contribution in [3.8, 4) is 0 Å². The lowest BCUT2D eigenvalue weighted by molar-refractivity contribution is 0.628. The Morgan fingerprint density at radius 3 is 2.21 bits per heavy atom. The Morgan fingerprint density at radius 2 is 1.71 bits per heavy atom. The van der Waals surface area contributed by atoms with Crippen molar-refractivity contribution in [1.82, 2.24) is 0 Å². The summed E-state index contributed by atoms with van der Waals surface area (Å²) in [5.41, 5.74) is 11.6. The number of guanidine groups is 1. The molecule has 0 radical (unpaired) electrons. The van der Waals surface area contributed by atoms with Gasteiger partial charge in [0, 0.05) is 0 Å². The number of rotatable bonds is 2. The number of halogens is 1. The van der Waals surface area contributed by atoms with Gasteiger partial charge in [0.2, 0.25) is 5.96 Å². The molecule has 14 heavy (non-hydrogen) atoms. The molecule has 0 saturated heterocycles. The molecule has 0 aliphatic heterocycles. The fraction of sp³-hybridized carbons (Fsp3) is 0.111. The highest BCUT2D eigenvalue weighted by Gasteiger charge is 1.96. The van der Waals surface area contributed by atoms with Crippen LogP contribution in [0.5, 0.6) is 0 Å². The van der Waals surface area contributed by atoms with Crippen molar-refractivity contribution < 1.29 is 4.39 Å². The largest absolute Gasteiger partial charge is 0.369 e. The first-order valence-electron chi connectivity index (χ1n) is 3.98. The van der Waals surface area contributed by atoms with Crippen LogP contribution in [0.15, 0.2) is 34.5 Å². The van der Waals surface area contributed by atoms with Crippen molar-refractivity contribution in [3.05, 3.63) is 35.6 Å². The summed E-state index contributed by atoms with van der Waals surface area (Å²) in [7, 11) is 0. The van der Waals surface area contributed by atoms with E-state index in [0.717, 1.165) is 5.56 Å². The van der Waals surface area contributed by atoms with E-state index in [1.165, 1.54) is 12.1 Å². The molecule has 0 aliphatic carbocycles. The fourth-order valence-electron chi connectivity index (χ4n) is 0.882. The molecule has 0 amide bonds. The van der Waals surface area contributed by atoms with Crippen LogP contribution in [0.2, 0.25) is 0 Å². The lowest BCUT2D eigenvalue weighted by atomic mass is 10.1.